The molecular weight excluding hydrogens is 275 g/mol. The van der Waals surface area contributed by atoms with Gasteiger partial charge in [0, 0.05) is 0 Å². The molecule has 4 heteroatoms. The van der Waals surface area contributed by atoms with Crippen LogP contribution in [0.4, 0.5) is 4.39 Å². The van der Waals surface area contributed by atoms with Gasteiger partial charge in [0.15, 0.2) is 0 Å². The third kappa shape index (κ3) is 11.6. The number of halogens is 1. The SMILES string of the molecule is CCCCC(SCCCCCCF)C(=O)OC(C)(C)C. The number of carbonyl (C=O) groups excluding carboxylic acids is 1. The molecule has 0 rings (SSSR count). The van der Waals surface area contributed by atoms with Crippen LogP contribution in [0.5, 0.6) is 0 Å². The van der Waals surface area contributed by atoms with Gasteiger partial charge in [-0.3, -0.25) is 9.18 Å². The Labute approximate surface area is 128 Å². The molecule has 0 aliphatic carbocycles. The van der Waals surface area contributed by atoms with Crippen molar-refractivity contribution >= 4 is 17.7 Å². The standard InChI is InChI=1S/C16H31FO2S/c1-5-6-11-14(15(18)19-16(2,3)4)20-13-10-8-7-9-12-17/h14H,5-13H2,1-4H3. The van der Waals surface area contributed by atoms with Crippen LogP contribution in [0.2, 0.25) is 0 Å². The van der Waals surface area contributed by atoms with E-state index in [2.05, 4.69) is 6.92 Å². The van der Waals surface area contributed by atoms with Crippen LogP contribution in [0, 0.1) is 0 Å². The number of alkyl halides is 1. The van der Waals surface area contributed by atoms with Gasteiger partial charge in [0.1, 0.15) is 10.9 Å². The van der Waals surface area contributed by atoms with Crippen molar-refractivity contribution in [1.82, 2.24) is 0 Å². The van der Waals surface area contributed by atoms with Crippen molar-refractivity contribution in [3.05, 3.63) is 0 Å². The fourth-order valence-corrected chi connectivity index (χ4v) is 2.97. The van der Waals surface area contributed by atoms with Gasteiger partial charge >= 0.3 is 5.97 Å². The summed E-state index contributed by atoms with van der Waals surface area (Å²) in [6, 6.07) is 0. The first-order valence-corrected chi connectivity index (χ1v) is 8.86. The van der Waals surface area contributed by atoms with Crippen molar-refractivity contribution in [2.45, 2.75) is 83.5 Å². The highest BCUT2D eigenvalue weighted by atomic mass is 32.2. The average Bonchev–Trinajstić information content (AvgIpc) is 2.34. The molecule has 0 spiro atoms. The second-order valence-electron chi connectivity index (χ2n) is 6.14. The summed E-state index contributed by atoms with van der Waals surface area (Å²) in [7, 11) is 0. The fourth-order valence-electron chi connectivity index (χ4n) is 1.80. The van der Waals surface area contributed by atoms with E-state index in [0.29, 0.717) is 6.42 Å². The van der Waals surface area contributed by atoms with Gasteiger partial charge in [-0.2, -0.15) is 0 Å². The fraction of sp³-hybridized carbons (Fsp3) is 0.938. The van der Waals surface area contributed by atoms with Crippen molar-refractivity contribution < 1.29 is 13.9 Å². The van der Waals surface area contributed by atoms with Crippen LogP contribution < -0.4 is 0 Å². The molecule has 0 aromatic heterocycles. The lowest BCUT2D eigenvalue weighted by atomic mass is 10.1. The van der Waals surface area contributed by atoms with E-state index in [4.69, 9.17) is 4.74 Å². The minimum Gasteiger partial charge on any atom is -0.459 e. The zero-order valence-electron chi connectivity index (χ0n) is 13.5. The zero-order chi connectivity index (χ0) is 15.4. The highest BCUT2D eigenvalue weighted by Gasteiger charge is 2.24. The summed E-state index contributed by atoms with van der Waals surface area (Å²) in [6.45, 7) is 7.63. The number of carbonyl (C=O) groups is 1. The van der Waals surface area contributed by atoms with Crippen LogP contribution >= 0.6 is 11.8 Å². The summed E-state index contributed by atoms with van der Waals surface area (Å²) in [6.07, 6.45) is 6.75. The molecule has 2 nitrogen and oxygen atoms in total. The molecule has 1 atom stereocenters. The van der Waals surface area contributed by atoms with E-state index in [1.165, 1.54) is 0 Å². The second-order valence-corrected chi connectivity index (χ2v) is 7.45. The molecule has 0 bridgehead atoms. The molecule has 0 aromatic rings. The number of thioether (sulfide) groups is 1. The van der Waals surface area contributed by atoms with Crippen LogP contribution in [0.25, 0.3) is 0 Å². The average molecular weight is 306 g/mol. The predicted molar refractivity (Wildman–Crippen MR) is 86.1 cm³/mol. The Kier molecular flexibility index (Phi) is 11.3. The smallest absolute Gasteiger partial charge is 0.319 e. The van der Waals surface area contributed by atoms with E-state index in [9.17, 15) is 9.18 Å². The number of hydrogen-bond acceptors (Lipinski definition) is 3. The van der Waals surface area contributed by atoms with Crippen LogP contribution in [-0.4, -0.2) is 29.2 Å². The number of rotatable bonds is 11. The first kappa shape index (κ1) is 19.8. The largest absolute Gasteiger partial charge is 0.459 e. The van der Waals surface area contributed by atoms with Crippen LogP contribution in [0.3, 0.4) is 0 Å². The maximum atomic E-state index is 12.1. The predicted octanol–water partition coefficient (Wildman–Crippen LogP) is 5.15. The molecule has 0 saturated carbocycles. The van der Waals surface area contributed by atoms with E-state index in [1.54, 1.807) is 11.8 Å². The zero-order valence-corrected chi connectivity index (χ0v) is 14.4. The summed E-state index contributed by atoms with van der Waals surface area (Å²) in [5.74, 6) is 0.875. The Morgan fingerprint density at radius 3 is 2.35 bits per heavy atom. The molecule has 0 aliphatic heterocycles. The van der Waals surface area contributed by atoms with Crippen LogP contribution in [0.15, 0.2) is 0 Å². The van der Waals surface area contributed by atoms with Gasteiger partial charge in [-0.15, -0.1) is 11.8 Å². The summed E-state index contributed by atoms with van der Waals surface area (Å²) in [5, 5.41) is -0.0460. The molecule has 20 heavy (non-hydrogen) atoms. The molecule has 0 aromatic carbocycles. The lowest BCUT2D eigenvalue weighted by Gasteiger charge is -2.23. The molecular formula is C16H31FO2S. The number of ether oxygens (including phenoxy) is 1. The topological polar surface area (TPSA) is 26.3 Å². The Bertz CT molecular complexity index is 251. The Morgan fingerprint density at radius 2 is 1.80 bits per heavy atom. The van der Waals surface area contributed by atoms with E-state index < -0.39 is 5.60 Å². The van der Waals surface area contributed by atoms with Gasteiger partial charge in [0.05, 0.1) is 6.67 Å². The quantitative estimate of drug-likeness (QED) is 0.390. The normalized spacial score (nSPS) is 13.2. The van der Waals surface area contributed by atoms with Crippen molar-refractivity contribution in [2.24, 2.45) is 0 Å². The minimum absolute atomic E-state index is 0.0460. The van der Waals surface area contributed by atoms with Gasteiger partial charge < -0.3 is 4.74 Å². The molecule has 0 fully saturated rings. The van der Waals surface area contributed by atoms with E-state index >= 15 is 0 Å². The van der Waals surface area contributed by atoms with E-state index in [1.807, 2.05) is 20.8 Å². The summed E-state index contributed by atoms with van der Waals surface area (Å²) in [4.78, 5) is 12.1. The van der Waals surface area contributed by atoms with E-state index in [0.717, 1.165) is 44.3 Å². The summed E-state index contributed by atoms with van der Waals surface area (Å²) < 4.78 is 17.5. The third-order valence-corrected chi connectivity index (χ3v) is 4.19. The molecule has 0 aliphatic rings. The molecule has 0 radical (unpaired) electrons. The second kappa shape index (κ2) is 11.4. The Hall–Kier alpha value is -0.250. The van der Waals surface area contributed by atoms with Crippen LogP contribution in [-0.2, 0) is 9.53 Å². The first-order valence-electron chi connectivity index (χ1n) is 7.81. The lowest BCUT2D eigenvalue weighted by molar-refractivity contribution is -0.154. The third-order valence-electron chi connectivity index (χ3n) is 2.84. The summed E-state index contributed by atoms with van der Waals surface area (Å²) >= 11 is 1.70. The molecule has 0 amide bonds. The maximum absolute atomic E-state index is 12.1. The highest BCUT2D eigenvalue weighted by Crippen LogP contribution is 2.23. The molecule has 0 saturated heterocycles. The maximum Gasteiger partial charge on any atom is 0.319 e. The van der Waals surface area contributed by atoms with Crippen molar-refractivity contribution in [3.63, 3.8) is 0 Å². The monoisotopic (exact) mass is 306 g/mol. The summed E-state index contributed by atoms with van der Waals surface area (Å²) in [5.41, 5.74) is -0.413. The van der Waals surface area contributed by atoms with Gasteiger partial charge in [-0.1, -0.05) is 32.6 Å². The molecule has 0 heterocycles. The van der Waals surface area contributed by atoms with Crippen molar-refractivity contribution in [1.29, 1.82) is 0 Å². The number of hydrogen-bond donors (Lipinski definition) is 0. The molecule has 1 unspecified atom stereocenters. The van der Waals surface area contributed by atoms with E-state index in [-0.39, 0.29) is 17.9 Å². The molecule has 0 N–H and O–H groups in total. The van der Waals surface area contributed by atoms with Crippen molar-refractivity contribution in [2.75, 3.05) is 12.4 Å². The van der Waals surface area contributed by atoms with Crippen LogP contribution in [0.1, 0.15) is 72.6 Å². The molecule has 120 valence electrons. The Morgan fingerprint density at radius 1 is 1.15 bits per heavy atom. The number of unbranched alkanes of at least 4 members (excludes halogenated alkanes) is 4. The van der Waals surface area contributed by atoms with Gasteiger partial charge in [0.25, 0.3) is 0 Å². The first-order chi connectivity index (χ1) is 9.40. The van der Waals surface area contributed by atoms with Crippen molar-refractivity contribution in [3.8, 4) is 0 Å². The lowest BCUT2D eigenvalue weighted by Crippen LogP contribution is -2.30. The highest BCUT2D eigenvalue weighted by molar-refractivity contribution is 8.00. The Balaban J connectivity index is 4.04. The van der Waals surface area contributed by atoms with Gasteiger partial charge in [-0.05, 0) is 45.8 Å². The van der Waals surface area contributed by atoms with Gasteiger partial charge in [0.2, 0.25) is 0 Å². The minimum atomic E-state index is -0.413. The van der Waals surface area contributed by atoms with Gasteiger partial charge in [-0.25, -0.2) is 0 Å². The number of esters is 1.